The average molecular weight is 426 g/mol. The molecule has 0 radical (unpaired) electrons. The molecule has 0 heterocycles. The summed E-state index contributed by atoms with van der Waals surface area (Å²) in [5.74, 6) is -0.0698. The normalized spacial score (nSPS) is 10.6. The van der Waals surface area contributed by atoms with Gasteiger partial charge >= 0.3 is 5.97 Å². The van der Waals surface area contributed by atoms with Crippen molar-refractivity contribution in [2.45, 2.75) is 19.7 Å². The monoisotopic (exact) mass is 425 g/mol. The van der Waals surface area contributed by atoms with Crippen molar-refractivity contribution in [3.05, 3.63) is 99.5 Å². The summed E-state index contributed by atoms with van der Waals surface area (Å²) in [6, 6.07) is 22.9. The molecule has 138 valence electrons. The van der Waals surface area contributed by atoms with Gasteiger partial charge in [0.15, 0.2) is 0 Å². The van der Waals surface area contributed by atoms with E-state index in [0.29, 0.717) is 25.3 Å². The Labute approximate surface area is 166 Å². The fourth-order valence-corrected chi connectivity index (χ4v) is 3.08. The zero-order chi connectivity index (χ0) is 19.1. The first-order chi connectivity index (χ1) is 13.1. The summed E-state index contributed by atoms with van der Waals surface area (Å²) in [6.45, 7) is 1.81. The number of hydrogen-bond donors (Lipinski definition) is 2. The number of nitrogens with one attached hydrogen (secondary N) is 1. The minimum atomic E-state index is -0.913. The highest BCUT2D eigenvalue weighted by molar-refractivity contribution is 9.10. The van der Waals surface area contributed by atoms with Gasteiger partial charge in [-0.2, -0.15) is 0 Å². The summed E-state index contributed by atoms with van der Waals surface area (Å²) in [6.07, 6.45) is 0. The Morgan fingerprint density at radius 3 is 2.37 bits per heavy atom. The quantitative estimate of drug-likeness (QED) is 0.531. The van der Waals surface area contributed by atoms with E-state index >= 15 is 0 Å². The van der Waals surface area contributed by atoms with Crippen LogP contribution in [-0.2, 0) is 19.7 Å². The van der Waals surface area contributed by atoms with Crippen LogP contribution in [0.25, 0.3) is 0 Å². The van der Waals surface area contributed by atoms with Crippen LogP contribution < -0.4 is 10.1 Å². The standard InChI is InChI=1S/C22H20BrNO3/c23-20-10-11-21(27-15-17-4-2-1-3-5-17)19(12-20)14-24-13-16-6-8-18(9-7-16)22(25)26/h1-12,24H,13-15H2,(H,25,26). The Morgan fingerprint density at radius 1 is 0.926 bits per heavy atom. The molecule has 0 aliphatic carbocycles. The molecule has 3 aromatic rings. The van der Waals surface area contributed by atoms with Crippen molar-refractivity contribution in [1.82, 2.24) is 5.32 Å². The maximum Gasteiger partial charge on any atom is 0.335 e. The van der Waals surface area contributed by atoms with Crippen molar-refractivity contribution in [2.75, 3.05) is 0 Å². The fourth-order valence-electron chi connectivity index (χ4n) is 2.67. The minimum Gasteiger partial charge on any atom is -0.489 e. The van der Waals surface area contributed by atoms with Crippen molar-refractivity contribution >= 4 is 21.9 Å². The van der Waals surface area contributed by atoms with Crippen LogP contribution in [0.4, 0.5) is 0 Å². The number of carboxylic acid groups (broad SMARTS) is 1. The molecule has 0 aromatic heterocycles. The van der Waals surface area contributed by atoms with E-state index in [1.54, 1.807) is 12.1 Å². The van der Waals surface area contributed by atoms with Crippen LogP contribution in [0.5, 0.6) is 5.75 Å². The summed E-state index contributed by atoms with van der Waals surface area (Å²) in [4.78, 5) is 10.9. The van der Waals surface area contributed by atoms with Gasteiger partial charge in [-0.25, -0.2) is 4.79 Å². The van der Waals surface area contributed by atoms with Crippen molar-refractivity contribution in [3.8, 4) is 5.75 Å². The first-order valence-electron chi connectivity index (χ1n) is 8.60. The number of carbonyl (C=O) groups is 1. The molecule has 0 aliphatic heterocycles. The minimum absolute atomic E-state index is 0.294. The van der Waals surface area contributed by atoms with Crippen LogP contribution in [0.2, 0.25) is 0 Å². The number of aromatic carboxylic acids is 1. The van der Waals surface area contributed by atoms with Gasteiger partial charge in [0.05, 0.1) is 5.56 Å². The molecule has 0 unspecified atom stereocenters. The molecular formula is C22H20BrNO3. The molecule has 0 fully saturated rings. The van der Waals surface area contributed by atoms with Crippen LogP contribution in [0.15, 0.2) is 77.3 Å². The molecule has 0 bridgehead atoms. The molecule has 0 atom stereocenters. The molecule has 5 heteroatoms. The predicted molar refractivity (Wildman–Crippen MR) is 109 cm³/mol. The van der Waals surface area contributed by atoms with E-state index in [1.165, 1.54) is 0 Å². The second kappa shape index (κ2) is 9.35. The van der Waals surface area contributed by atoms with Crippen LogP contribution in [0.3, 0.4) is 0 Å². The largest absolute Gasteiger partial charge is 0.489 e. The summed E-state index contributed by atoms with van der Waals surface area (Å²) in [7, 11) is 0. The van der Waals surface area contributed by atoms with Crippen LogP contribution >= 0.6 is 15.9 Å². The van der Waals surface area contributed by atoms with Gasteiger partial charge in [0.1, 0.15) is 12.4 Å². The number of ether oxygens (including phenoxy) is 1. The highest BCUT2D eigenvalue weighted by Gasteiger charge is 2.06. The van der Waals surface area contributed by atoms with E-state index in [4.69, 9.17) is 9.84 Å². The topological polar surface area (TPSA) is 58.6 Å². The third-order valence-corrected chi connectivity index (χ3v) is 4.60. The van der Waals surface area contributed by atoms with Gasteiger partial charge in [-0.15, -0.1) is 0 Å². The maximum atomic E-state index is 10.9. The number of benzene rings is 3. The lowest BCUT2D eigenvalue weighted by atomic mass is 10.1. The molecule has 0 amide bonds. The SMILES string of the molecule is O=C(O)c1ccc(CNCc2cc(Br)ccc2OCc2ccccc2)cc1. The molecule has 2 N–H and O–H groups in total. The lowest BCUT2D eigenvalue weighted by Gasteiger charge is -2.13. The third-order valence-electron chi connectivity index (χ3n) is 4.11. The third kappa shape index (κ3) is 5.67. The van der Waals surface area contributed by atoms with E-state index in [-0.39, 0.29) is 0 Å². The van der Waals surface area contributed by atoms with Gasteiger partial charge in [-0.05, 0) is 41.5 Å². The first-order valence-corrected chi connectivity index (χ1v) is 9.39. The molecule has 0 saturated heterocycles. The van der Waals surface area contributed by atoms with Crippen molar-refractivity contribution in [1.29, 1.82) is 0 Å². The number of hydrogen-bond acceptors (Lipinski definition) is 3. The first kappa shape index (κ1) is 19.1. The molecule has 27 heavy (non-hydrogen) atoms. The second-order valence-electron chi connectivity index (χ2n) is 6.13. The van der Waals surface area contributed by atoms with Gasteiger partial charge in [-0.1, -0.05) is 58.4 Å². The molecule has 3 rings (SSSR count). The second-order valence-corrected chi connectivity index (χ2v) is 7.05. The Bertz CT molecular complexity index is 895. The Morgan fingerprint density at radius 2 is 1.67 bits per heavy atom. The fraction of sp³-hybridized carbons (Fsp3) is 0.136. The summed E-state index contributed by atoms with van der Waals surface area (Å²) >= 11 is 3.51. The van der Waals surface area contributed by atoms with Gasteiger partial charge in [-0.3, -0.25) is 0 Å². The molecular weight excluding hydrogens is 406 g/mol. The average Bonchev–Trinajstić information content (AvgIpc) is 2.68. The van der Waals surface area contributed by atoms with Crippen LogP contribution in [0.1, 0.15) is 27.0 Å². The zero-order valence-corrected chi connectivity index (χ0v) is 16.3. The Balaban J connectivity index is 1.60. The number of rotatable bonds is 8. The molecule has 3 aromatic carbocycles. The Hall–Kier alpha value is -2.63. The van der Waals surface area contributed by atoms with Gasteiger partial charge < -0.3 is 15.2 Å². The molecule has 0 aliphatic rings. The zero-order valence-electron chi connectivity index (χ0n) is 14.7. The van der Waals surface area contributed by atoms with E-state index in [0.717, 1.165) is 26.9 Å². The molecule has 0 saturated carbocycles. The van der Waals surface area contributed by atoms with E-state index in [2.05, 4.69) is 21.2 Å². The van der Waals surface area contributed by atoms with Gasteiger partial charge in [0.2, 0.25) is 0 Å². The number of carboxylic acids is 1. The summed E-state index contributed by atoms with van der Waals surface area (Å²) in [5, 5.41) is 12.3. The van der Waals surface area contributed by atoms with Crippen molar-refractivity contribution < 1.29 is 14.6 Å². The predicted octanol–water partition coefficient (Wildman–Crippen LogP) is 5.02. The lowest BCUT2D eigenvalue weighted by molar-refractivity contribution is 0.0697. The highest BCUT2D eigenvalue weighted by atomic mass is 79.9. The lowest BCUT2D eigenvalue weighted by Crippen LogP contribution is -2.14. The van der Waals surface area contributed by atoms with Crippen LogP contribution in [0, 0.1) is 0 Å². The van der Waals surface area contributed by atoms with Gasteiger partial charge in [0.25, 0.3) is 0 Å². The van der Waals surface area contributed by atoms with Gasteiger partial charge in [0, 0.05) is 23.1 Å². The van der Waals surface area contributed by atoms with E-state index in [9.17, 15) is 4.79 Å². The van der Waals surface area contributed by atoms with Crippen molar-refractivity contribution in [3.63, 3.8) is 0 Å². The number of halogens is 1. The smallest absolute Gasteiger partial charge is 0.335 e. The van der Waals surface area contributed by atoms with E-state index < -0.39 is 5.97 Å². The summed E-state index contributed by atoms with van der Waals surface area (Å²) in [5.41, 5.74) is 3.50. The maximum absolute atomic E-state index is 10.9. The van der Waals surface area contributed by atoms with Crippen LogP contribution in [-0.4, -0.2) is 11.1 Å². The van der Waals surface area contributed by atoms with Crippen molar-refractivity contribution in [2.24, 2.45) is 0 Å². The molecule has 0 spiro atoms. The highest BCUT2D eigenvalue weighted by Crippen LogP contribution is 2.24. The Kier molecular flexibility index (Phi) is 6.63. The summed E-state index contributed by atoms with van der Waals surface area (Å²) < 4.78 is 6.99. The molecule has 4 nitrogen and oxygen atoms in total. The van der Waals surface area contributed by atoms with E-state index in [1.807, 2.05) is 60.7 Å².